The van der Waals surface area contributed by atoms with E-state index >= 15 is 0 Å². The summed E-state index contributed by atoms with van der Waals surface area (Å²) in [7, 11) is 0. The van der Waals surface area contributed by atoms with Crippen molar-refractivity contribution in [2.24, 2.45) is 5.73 Å². The lowest BCUT2D eigenvalue weighted by molar-refractivity contribution is 0.623. The van der Waals surface area contributed by atoms with Crippen LogP contribution in [0.5, 0.6) is 0 Å². The Morgan fingerprint density at radius 2 is 1.50 bits per heavy atom. The lowest BCUT2D eigenvalue weighted by Crippen LogP contribution is -2.16. The predicted molar refractivity (Wildman–Crippen MR) is 73.1 cm³/mol. The molecule has 0 heterocycles. The average molecular weight is 243 g/mol. The van der Waals surface area contributed by atoms with Gasteiger partial charge in [-0.15, -0.1) is 0 Å². The molecule has 2 heteroatoms. The fourth-order valence-corrected chi connectivity index (χ4v) is 2.50. The van der Waals surface area contributed by atoms with Crippen molar-refractivity contribution < 1.29 is 4.39 Å². The molecule has 0 bridgehead atoms. The fraction of sp³-hybridized carbons (Fsp3) is 0.250. The van der Waals surface area contributed by atoms with Gasteiger partial charge in [0.05, 0.1) is 6.04 Å². The van der Waals surface area contributed by atoms with E-state index in [4.69, 9.17) is 5.73 Å². The Labute approximate surface area is 107 Å². The van der Waals surface area contributed by atoms with Gasteiger partial charge in [0.1, 0.15) is 5.82 Å². The highest BCUT2D eigenvalue weighted by atomic mass is 19.1. The molecule has 18 heavy (non-hydrogen) atoms. The van der Waals surface area contributed by atoms with Gasteiger partial charge in [-0.05, 0) is 60.7 Å². The Hall–Kier alpha value is -1.67. The van der Waals surface area contributed by atoms with Crippen molar-refractivity contribution in [2.75, 3.05) is 0 Å². The summed E-state index contributed by atoms with van der Waals surface area (Å²) in [5.74, 6) is -0.203. The lowest BCUT2D eigenvalue weighted by atomic mass is 9.90. The summed E-state index contributed by atoms with van der Waals surface area (Å²) in [6, 6.07) is 10.9. The molecule has 2 aromatic carbocycles. The summed E-state index contributed by atoms with van der Waals surface area (Å²) in [4.78, 5) is 0. The Morgan fingerprint density at radius 1 is 0.944 bits per heavy atom. The minimum Gasteiger partial charge on any atom is -0.320 e. The topological polar surface area (TPSA) is 26.0 Å². The van der Waals surface area contributed by atoms with Crippen molar-refractivity contribution in [3.05, 3.63) is 70.0 Å². The third-order valence-corrected chi connectivity index (χ3v) is 3.39. The molecule has 0 aliphatic heterocycles. The number of rotatable bonds is 2. The van der Waals surface area contributed by atoms with Gasteiger partial charge in [0.15, 0.2) is 0 Å². The number of nitrogens with two attached hydrogens (primary N) is 1. The first-order valence-electron chi connectivity index (χ1n) is 6.08. The van der Waals surface area contributed by atoms with Crippen molar-refractivity contribution in [3.63, 3.8) is 0 Å². The number of halogens is 1. The van der Waals surface area contributed by atoms with Gasteiger partial charge in [-0.1, -0.05) is 24.3 Å². The van der Waals surface area contributed by atoms with Crippen molar-refractivity contribution in [3.8, 4) is 0 Å². The molecule has 2 rings (SSSR count). The van der Waals surface area contributed by atoms with Crippen molar-refractivity contribution >= 4 is 0 Å². The van der Waals surface area contributed by atoms with Crippen LogP contribution < -0.4 is 5.73 Å². The Kier molecular flexibility index (Phi) is 3.48. The summed E-state index contributed by atoms with van der Waals surface area (Å²) in [5, 5.41) is 0. The minimum absolute atomic E-state index is 0.202. The molecule has 2 aromatic rings. The van der Waals surface area contributed by atoms with E-state index in [2.05, 4.69) is 0 Å². The van der Waals surface area contributed by atoms with Gasteiger partial charge in [-0.3, -0.25) is 0 Å². The standard InChI is InChI=1S/C16H18FN/c1-10-6-4-5-7-14(10)16(18)15-11(2)8-13(17)9-12(15)3/h4-9,16H,18H2,1-3H3. The monoisotopic (exact) mass is 243 g/mol. The van der Waals surface area contributed by atoms with Gasteiger partial charge in [0, 0.05) is 0 Å². The highest BCUT2D eigenvalue weighted by molar-refractivity contribution is 5.44. The van der Waals surface area contributed by atoms with Crippen LogP contribution in [0.25, 0.3) is 0 Å². The van der Waals surface area contributed by atoms with Crippen LogP contribution in [-0.2, 0) is 0 Å². The number of aryl methyl sites for hydroxylation is 3. The van der Waals surface area contributed by atoms with E-state index in [1.807, 2.05) is 45.0 Å². The van der Waals surface area contributed by atoms with Crippen LogP contribution in [0.3, 0.4) is 0 Å². The second kappa shape index (κ2) is 4.91. The third-order valence-electron chi connectivity index (χ3n) is 3.39. The molecule has 0 radical (unpaired) electrons. The molecule has 0 amide bonds. The molecule has 94 valence electrons. The fourth-order valence-electron chi connectivity index (χ4n) is 2.50. The summed E-state index contributed by atoms with van der Waals surface area (Å²) in [6.07, 6.45) is 0. The van der Waals surface area contributed by atoms with Crippen molar-refractivity contribution in [2.45, 2.75) is 26.8 Å². The maximum absolute atomic E-state index is 13.3. The van der Waals surface area contributed by atoms with Gasteiger partial charge in [0.2, 0.25) is 0 Å². The van der Waals surface area contributed by atoms with Crippen LogP contribution in [0, 0.1) is 26.6 Å². The summed E-state index contributed by atoms with van der Waals surface area (Å²) >= 11 is 0. The van der Waals surface area contributed by atoms with Gasteiger partial charge in [0.25, 0.3) is 0 Å². The molecule has 1 nitrogen and oxygen atoms in total. The minimum atomic E-state index is -0.203. The van der Waals surface area contributed by atoms with Gasteiger partial charge in [-0.25, -0.2) is 4.39 Å². The van der Waals surface area contributed by atoms with E-state index in [0.29, 0.717) is 0 Å². The van der Waals surface area contributed by atoms with E-state index < -0.39 is 0 Å². The molecule has 0 fully saturated rings. The first-order valence-corrected chi connectivity index (χ1v) is 6.08. The molecule has 1 atom stereocenters. The van der Waals surface area contributed by atoms with Crippen molar-refractivity contribution in [1.82, 2.24) is 0 Å². The normalized spacial score (nSPS) is 12.5. The lowest BCUT2D eigenvalue weighted by Gasteiger charge is -2.20. The van der Waals surface area contributed by atoms with E-state index in [0.717, 1.165) is 27.8 Å². The summed E-state index contributed by atoms with van der Waals surface area (Å²) in [5.41, 5.74) is 11.4. The molecule has 1 unspecified atom stereocenters. The molecule has 0 aliphatic carbocycles. The molecule has 0 saturated heterocycles. The molecule has 2 N–H and O–H groups in total. The van der Waals surface area contributed by atoms with Gasteiger partial charge < -0.3 is 5.73 Å². The van der Waals surface area contributed by atoms with Crippen LogP contribution >= 0.6 is 0 Å². The van der Waals surface area contributed by atoms with Crippen LogP contribution in [-0.4, -0.2) is 0 Å². The van der Waals surface area contributed by atoms with Gasteiger partial charge in [-0.2, -0.15) is 0 Å². The van der Waals surface area contributed by atoms with Crippen LogP contribution in [0.2, 0.25) is 0 Å². The van der Waals surface area contributed by atoms with E-state index in [-0.39, 0.29) is 11.9 Å². The van der Waals surface area contributed by atoms with E-state index in [9.17, 15) is 4.39 Å². The molecule has 0 spiro atoms. The molecule has 0 saturated carbocycles. The summed E-state index contributed by atoms with van der Waals surface area (Å²) < 4.78 is 13.3. The number of hydrogen-bond acceptors (Lipinski definition) is 1. The maximum Gasteiger partial charge on any atom is 0.123 e. The highest BCUT2D eigenvalue weighted by Gasteiger charge is 2.16. The molecule has 0 aliphatic rings. The van der Waals surface area contributed by atoms with Crippen LogP contribution in [0.4, 0.5) is 4.39 Å². The molecular formula is C16H18FN. The Balaban J connectivity index is 2.53. The largest absolute Gasteiger partial charge is 0.320 e. The predicted octanol–water partition coefficient (Wildman–Crippen LogP) is 3.80. The third kappa shape index (κ3) is 2.29. The van der Waals surface area contributed by atoms with E-state index in [1.165, 1.54) is 0 Å². The highest BCUT2D eigenvalue weighted by Crippen LogP contribution is 2.28. The van der Waals surface area contributed by atoms with Crippen LogP contribution in [0.15, 0.2) is 36.4 Å². The summed E-state index contributed by atoms with van der Waals surface area (Å²) in [6.45, 7) is 5.86. The zero-order valence-electron chi connectivity index (χ0n) is 11.0. The molecular weight excluding hydrogens is 225 g/mol. The number of hydrogen-bond donors (Lipinski definition) is 1. The second-order valence-corrected chi connectivity index (χ2v) is 4.79. The molecule has 0 aromatic heterocycles. The second-order valence-electron chi connectivity index (χ2n) is 4.79. The van der Waals surface area contributed by atoms with E-state index in [1.54, 1.807) is 12.1 Å². The quantitative estimate of drug-likeness (QED) is 0.853. The van der Waals surface area contributed by atoms with Crippen LogP contribution in [0.1, 0.15) is 33.9 Å². The Bertz CT molecular complexity index is 552. The van der Waals surface area contributed by atoms with Crippen molar-refractivity contribution in [1.29, 1.82) is 0 Å². The first-order chi connectivity index (χ1) is 8.50. The van der Waals surface area contributed by atoms with Gasteiger partial charge >= 0.3 is 0 Å². The maximum atomic E-state index is 13.3. The smallest absolute Gasteiger partial charge is 0.123 e. The average Bonchev–Trinajstić information content (AvgIpc) is 2.27. The SMILES string of the molecule is Cc1ccccc1C(N)c1c(C)cc(F)cc1C. The zero-order valence-corrected chi connectivity index (χ0v) is 11.0. The number of benzene rings is 2. The first kappa shape index (κ1) is 12.8. The zero-order chi connectivity index (χ0) is 13.3. The Morgan fingerprint density at radius 3 is 2.06 bits per heavy atom.